The molecule has 9 heteroatoms. The van der Waals surface area contributed by atoms with Crippen LogP contribution in [0.2, 0.25) is 0 Å². The molecule has 0 bridgehead atoms. The first-order valence-corrected chi connectivity index (χ1v) is 10.7. The number of hydrogen-bond acceptors (Lipinski definition) is 5. The molecular formula is C18H28IN3O4S. The van der Waals surface area contributed by atoms with Gasteiger partial charge in [-0.05, 0) is 19.9 Å². The molecule has 0 aliphatic rings. The highest BCUT2D eigenvalue weighted by Gasteiger charge is 2.09. The first kappa shape index (κ1) is 23.7. The van der Waals surface area contributed by atoms with Gasteiger partial charge in [0.05, 0.1) is 19.0 Å². The molecule has 2 N–H and O–H groups in total. The number of aliphatic imine (C=N–C) groups is 1. The van der Waals surface area contributed by atoms with Gasteiger partial charge < -0.3 is 19.8 Å². The summed E-state index contributed by atoms with van der Waals surface area (Å²) in [6, 6.07) is 7.94. The highest BCUT2D eigenvalue weighted by molar-refractivity contribution is 14.0. The summed E-state index contributed by atoms with van der Waals surface area (Å²) < 4.78 is 33.3. The number of nitrogens with zero attached hydrogens (tertiary/aromatic N) is 1. The normalized spacial score (nSPS) is 12.0. The molecule has 0 fully saturated rings. The average Bonchev–Trinajstić information content (AvgIpc) is 2.91. The van der Waals surface area contributed by atoms with Crippen LogP contribution in [-0.4, -0.2) is 52.7 Å². The number of sulfone groups is 1. The van der Waals surface area contributed by atoms with E-state index in [2.05, 4.69) is 15.6 Å². The number of rotatable bonds is 9. The Morgan fingerprint density at radius 2 is 1.96 bits per heavy atom. The van der Waals surface area contributed by atoms with Crippen molar-refractivity contribution in [2.24, 2.45) is 4.99 Å². The Morgan fingerprint density at radius 3 is 2.63 bits per heavy atom. The molecule has 0 unspecified atom stereocenters. The Labute approximate surface area is 177 Å². The number of benzene rings is 1. The molecule has 0 aliphatic carbocycles. The van der Waals surface area contributed by atoms with Gasteiger partial charge in [-0.15, -0.1) is 24.0 Å². The van der Waals surface area contributed by atoms with Crippen LogP contribution in [0.5, 0.6) is 0 Å². The molecule has 0 spiro atoms. The Bertz CT molecular complexity index is 849. The van der Waals surface area contributed by atoms with Crippen LogP contribution in [0.25, 0.3) is 11.0 Å². The maximum atomic E-state index is 11.0. The van der Waals surface area contributed by atoms with Gasteiger partial charge in [0, 0.05) is 30.3 Å². The van der Waals surface area contributed by atoms with Crippen molar-refractivity contribution < 1.29 is 17.6 Å². The van der Waals surface area contributed by atoms with Gasteiger partial charge in [0.15, 0.2) is 5.96 Å². The minimum atomic E-state index is -2.98. The van der Waals surface area contributed by atoms with Gasteiger partial charge >= 0.3 is 0 Å². The van der Waals surface area contributed by atoms with Crippen LogP contribution in [0.4, 0.5) is 0 Å². The van der Waals surface area contributed by atoms with Crippen molar-refractivity contribution in [2.45, 2.75) is 20.4 Å². The Balaban J connectivity index is 0.00000364. The van der Waals surface area contributed by atoms with Gasteiger partial charge in [-0.25, -0.2) is 13.4 Å². The second kappa shape index (κ2) is 11.5. The zero-order chi connectivity index (χ0) is 19.0. The zero-order valence-corrected chi connectivity index (χ0v) is 19.1. The summed E-state index contributed by atoms with van der Waals surface area (Å²) in [7, 11) is -2.98. The third-order valence-corrected chi connectivity index (χ3v) is 4.71. The monoisotopic (exact) mass is 509 g/mol. The summed E-state index contributed by atoms with van der Waals surface area (Å²) in [4.78, 5) is 4.55. The summed E-state index contributed by atoms with van der Waals surface area (Å²) in [5.74, 6) is 1.54. The lowest BCUT2D eigenvalue weighted by Gasteiger charge is -2.11. The lowest BCUT2D eigenvalue weighted by molar-refractivity contribution is 0.154. The molecule has 0 radical (unpaired) electrons. The fourth-order valence-electron chi connectivity index (χ4n) is 2.42. The van der Waals surface area contributed by atoms with Crippen molar-refractivity contribution >= 4 is 50.7 Å². The second-order valence-electron chi connectivity index (χ2n) is 6.01. The van der Waals surface area contributed by atoms with E-state index in [-0.39, 0.29) is 36.3 Å². The van der Waals surface area contributed by atoms with Crippen LogP contribution >= 0.6 is 24.0 Å². The number of furan rings is 1. The van der Waals surface area contributed by atoms with E-state index in [1.54, 1.807) is 0 Å². The van der Waals surface area contributed by atoms with Gasteiger partial charge in [-0.3, -0.25) is 0 Å². The molecule has 1 heterocycles. The molecule has 1 aromatic carbocycles. The third kappa shape index (κ3) is 8.06. The lowest BCUT2D eigenvalue weighted by atomic mass is 10.1. The van der Waals surface area contributed by atoms with E-state index >= 15 is 0 Å². The van der Waals surface area contributed by atoms with Crippen molar-refractivity contribution in [3.05, 3.63) is 35.6 Å². The minimum Gasteiger partial charge on any atom is -0.459 e. The average molecular weight is 509 g/mol. The number of nitrogens with one attached hydrogen (secondary N) is 2. The lowest BCUT2D eigenvalue weighted by Crippen LogP contribution is -2.39. The number of aryl methyl sites for hydroxylation is 1. The van der Waals surface area contributed by atoms with Crippen LogP contribution in [0.15, 0.2) is 33.7 Å². The highest BCUT2D eigenvalue weighted by Crippen LogP contribution is 2.25. The number of ether oxygens (including phenoxy) is 1. The molecular weight excluding hydrogens is 481 g/mol. The van der Waals surface area contributed by atoms with E-state index in [9.17, 15) is 8.42 Å². The van der Waals surface area contributed by atoms with E-state index in [1.807, 2.05) is 38.1 Å². The molecule has 0 saturated carbocycles. The molecule has 7 nitrogen and oxygen atoms in total. The van der Waals surface area contributed by atoms with Gasteiger partial charge in [0.1, 0.15) is 27.7 Å². The van der Waals surface area contributed by atoms with Crippen molar-refractivity contribution in [3.63, 3.8) is 0 Å². The van der Waals surface area contributed by atoms with Crippen molar-refractivity contribution in [2.75, 3.05) is 38.3 Å². The highest BCUT2D eigenvalue weighted by atomic mass is 127. The quantitative estimate of drug-likeness (QED) is 0.234. The first-order valence-electron chi connectivity index (χ1n) is 8.65. The summed E-state index contributed by atoms with van der Waals surface area (Å²) in [5.41, 5.74) is 1.97. The molecule has 0 amide bonds. The zero-order valence-electron chi connectivity index (χ0n) is 15.9. The van der Waals surface area contributed by atoms with Crippen LogP contribution in [0.1, 0.15) is 18.2 Å². The summed E-state index contributed by atoms with van der Waals surface area (Å²) in [6.07, 6.45) is 1.20. The number of halogens is 1. The third-order valence-electron chi connectivity index (χ3n) is 3.80. The molecule has 27 heavy (non-hydrogen) atoms. The van der Waals surface area contributed by atoms with Gasteiger partial charge in [0.2, 0.25) is 0 Å². The Kier molecular flexibility index (Phi) is 10.1. The number of guanidine groups is 1. The van der Waals surface area contributed by atoms with Gasteiger partial charge in [-0.2, -0.15) is 0 Å². The minimum absolute atomic E-state index is 0. The number of hydrogen-bond donors (Lipinski definition) is 2. The van der Waals surface area contributed by atoms with Crippen molar-refractivity contribution in [1.29, 1.82) is 0 Å². The van der Waals surface area contributed by atoms with Crippen LogP contribution in [0, 0.1) is 6.92 Å². The standard InChI is InChI=1S/C18H27N3O4S.HI/c1-4-19-18(20-9-10-24-11-12-26(3,22)23)21-13-17-14(2)15-7-5-6-8-16(15)25-17;/h5-8H,4,9-13H2,1-3H3,(H2,19,20,21);1H. The second-order valence-corrected chi connectivity index (χ2v) is 8.27. The van der Waals surface area contributed by atoms with E-state index in [1.165, 1.54) is 6.26 Å². The van der Waals surface area contributed by atoms with Crippen LogP contribution in [0.3, 0.4) is 0 Å². The predicted molar refractivity (Wildman–Crippen MR) is 120 cm³/mol. The van der Waals surface area contributed by atoms with E-state index in [4.69, 9.17) is 9.15 Å². The van der Waals surface area contributed by atoms with E-state index in [0.717, 1.165) is 28.8 Å². The van der Waals surface area contributed by atoms with Crippen LogP contribution < -0.4 is 10.6 Å². The molecule has 152 valence electrons. The number of para-hydroxylation sites is 1. The van der Waals surface area contributed by atoms with Gasteiger partial charge in [-0.1, -0.05) is 18.2 Å². The molecule has 1 aromatic heterocycles. The summed E-state index contributed by atoms with van der Waals surface area (Å²) in [6.45, 7) is 6.34. The van der Waals surface area contributed by atoms with Gasteiger partial charge in [0.25, 0.3) is 0 Å². The molecule has 0 aliphatic heterocycles. The molecule has 0 saturated heterocycles. The largest absolute Gasteiger partial charge is 0.459 e. The summed E-state index contributed by atoms with van der Waals surface area (Å²) >= 11 is 0. The molecule has 2 aromatic rings. The maximum absolute atomic E-state index is 11.0. The van der Waals surface area contributed by atoms with Crippen molar-refractivity contribution in [3.8, 4) is 0 Å². The SMILES string of the molecule is CCNC(=NCc1oc2ccccc2c1C)NCCOCCS(C)(=O)=O.I. The smallest absolute Gasteiger partial charge is 0.191 e. The molecule has 2 rings (SSSR count). The Morgan fingerprint density at radius 1 is 1.22 bits per heavy atom. The Hall–Kier alpha value is -1.33. The molecule has 0 atom stereocenters. The fraction of sp³-hybridized carbons (Fsp3) is 0.500. The predicted octanol–water partition coefficient (Wildman–Crippen LogP) is 2.48. The number of fused-ring (bicyclic) bond motifs is 1. The van der Waals surface area contributed by atoms with Crippen LogP contribution in [-0.2, 0) is 21.1 Å². The summed E-state index contributed by atoms with van der Waals surface area (Å²) in [5, 5.41) is 7.44. The van der Waals surface area contributed by atoms with Crippen molar-refractivity contribution in [1.82, 2.24) is 10.6 Å². The first-order chi connectivity index (χ1) is 12.4. The maximum Gasteiger partial charge on any atom is 0.191 e. The van der Waals surface area contributed by atoms with E-state index in [0.29, 0.717) is 25.7 Å². The van der Waals surface area contributed by atoms with E-state index < -0.39 is 9.84 Å². The topological polar surface area (TPSA) is 92.9 Å². The fourth-order valence-corrected chi connectivity index (χ4v) is 2.84.